The number of benzene rings is 2. The molecule has 0 aromatic heterocycles. The van der Waals surface area contributed by atoms with E-state index in [2.05, 4.69) is 59.8 Å². The van der Waals surface area contributed by atoms with Crippen molar-refractivity contribution >= 4 is 29.9 Å². The minimum absolute atomic E-state index is 0. The fraction of sp³-hybridized carbons (Fsp3) is 0.350. The molecule has 0 atom stereocenters. The van der Waals surface area contributed by atoms with E-state index in [1.807, 2.05) is 12.1 Å². The number of rotatable bonds is 6. The second kappa shape index (κ2) is 11.1. The van der Waals surface area contributed by atoms with Crippen molar-refractivity contribution in [1.29, 1.82) is 0 Å². The van der Waals surface area contributed by atoms with Crippen LogP contribution in [0.1, 0.15) is 27.8 Å². The van der Waals surface area contributed by atoms with Crippen LogP contribution in [0.15, 0.2) is 47.5 Å². The lowest BCUT2D eigenvalue weighted by Crippen LogP contribution is -2.36. The average molecular weight is 453 g/mol. The predicted molar refractivity (Wildman–Crippen MR) is 116 cm³/mol. The van der Waals surface area contributed by atoms with E-state index in [1.54, 1.807) is 14.2 Å². The second-order valence-electron chi connectivity index (χ2n) is 5.91. The van der Waals surface area contributed by atoms with Crippen molar-refractivity contribution in [3.8, 4) is 0 Å². The summed E-state index contributed by atoms with van der Waals surface area (Å²) in [4.78, 5) is 4.30. The largest absolute Gasteiger partial charge is 0.380 e. The summed E-state index contributed by atoms with van der Waals surface area (Å²) in [5, 5.41) is 6.74. The monoisotopic (exact) mass is 453 g/mol. The first-order valence-electron chi connectivity index (χ1n) is 8.20. The van der Waals surface area contributed by atoms with Crippen LogP contribution in [0.5, 0.6) is 0 Å². The Kier molecular flexibility index (Phi) is 9.52. The van der Waals surface area contributed by atoms with Gasteiger partial charge in [-0.3, -0.25) is 4.99 Å². The van der Waals surface area contributed by atoms with E-state index in [0.29, 0.717) is 13.2 Å². The molecule has 0 unspecified atom stereocenters. The zero-order chi connectivity index (χ0) is 17.4. The van der Waals surface area contributed by atoms with Crippen LogP contribution >= 0.6 is 24.0 Å². The Hall–Kier alpha value is -1.60. The van der Waals surface area contributed by atoms with E-state index >= 15 is 0 Å². The Bertz CT molecular complexity index is 701. The summed E-state index contributed by atoms with van der Waals surface area (Å²) in [5.74, 6) is 0.794. The van der Waals surface area contributed by atoms with Gasteiger partial charge in [0.15, 0.2) is 5.96 Å². The van der Waals surface area contributed by atoms with Gasteiger partial charge < -0.3 is 15.4 Å². The number of halogens is 1. The topological polar surface area (TPSA) is 45.7 Å². The normalized spacial score (nSPS) is 11.0. The first kappa shape index (κ1) is 21.4. The molecule has 0 aliphatic heterocycles. The Balaban J connectivity index is 0.00000312. The van der Waals surface area contributed by atoms with Gasteiger partial charge >= 0.3 is 0 Å². The quantitative estimate of drug-likeness (QED) is 0.396. The molecule has 2 aromatic rings. The average Bonchev–Trinajstić information content (AvgIpc) is 2.58. The molecule has 0 radical (unpaired) electrons. The molecule has 2 N–H and O–H groups in total. The van der Waals surface area contributed by atoms with Crippen LogP contribution in [0.3, 0.4) is 0 Å². The van der Waals surface area contributed by atoms with Crippen LogP contribution in [0.4, 0.5) is 0 Å². The van der Waals surface area contributed by atoms with E-state index < -0.39 is 0 Å². The Labute approximate surface area is 168 Å². The van der Waals surface area contributed by atoms with Gasteiger partial charge in [-0.15, -0.1) is 24.0 Å². The highest BCUT2D eigenvalue weighted by atomic mass is 127. The Morgan fingerprint density at radius 1 is 0.960 bits per heavy atom. The molecule has 4 nitrogen and oxygen atoms in total. The maximum atomic E-state index is 5.26. The van der Waals surface area contributed by atoms with Crippen molar-refractivity contribution in [2.75, 3.05) is 14.2 Å². The molecule has 0 saturated carbocycles. The maximum Gasteiger partial charge on any atom is 0.191 e. The number of ether oxygens (including phenoxy) is 1. The van der Waals surface area contributed by atoms with Crippen molar-refractivity contribution in [1.82, 2.24) is 10.6 Å². The smallest absolute Gasteiger partial charge is 0.191 e. The first-order chi connectivity index (χ1) is 11.6. The SMILES string of the molecule is CN=C(NCc1ccc(C)cc1C)NCc1ccccc1COC.I. The fourth-order valence-corrected chi connectivity index (χ4v) is 2.65. The fourth-order valence-electron chi connectivity index (χ4n) is 2.65. The molecule has 136 valence electrons. The van der Waals surface area contributed by atoms with Crippen molar-refractivity contribution in [3.05, 3.63) is 70.3 Å². The van der Waals surface area contributed by atoms with Gasteiger partial charge in [0.25, 0.3) is 0 Å². The lowest BCUT2D eigenvalue weighted by Gasteiger charge is -2.15. The molecular formula is C20H28IN3O. The molecule has 5 heteroatoms. The predicted octanol–water partition coefficient (Wildman–Crippen LogP) is 3.93. The molecule has 2 aromatic carbocycles. The van der Waals surface area contributed by atoms with Crippen LogP contribution in [0.25, 0.3) is 0 Å². The summed E-state index contributed by atoms with van der Waals surface area (Å²) in [5.41, 5.74) is 6.27. The molecule has 0 heterocycles. The molecule has 0 aliphatic rings. The van der Waals surface area contributed by atoms with Crippen molar-refractivity contribution in [3.63, 3.8) is 0 Å². The number of hydrogen-bond donors (Lipinski definition) is 2. The van der Waals surface area contributed by atoms with Crippen molar-refractivity contribution in [2.24, 2.45) is 4.99 Å². The molecule has 0 saturated heterocycles. The highest BCUT2D eigenvalue weighted by Crippen LogP contribution is 2.11. The van der Waals surface area contributed by atoms with E-state index in [4.69, 9.17) is 4.74 Å². The highest BCUT2D eigenvalue weighted by molar-refractivity contribution is 14.0. The number of aryl methyl sites for hydroxylation is 2. The number of aliphatic imine (C=N–C) groups is 1. The summed E-state index contributed by atoms with van der Waals surface area (Å²) in [6.45, 7) is 6.34. The summed E-state index contributed by atoms with van der Waals surface area (Å²) in [7, 11) is 3.51. The number of nitrogens with one attached hydrogen (secondary N) is 2. The molecule has 2 rings (SSSR count). The highest BCUT2D eigenvalue weighted by Gasteiger charge is 2.04. The van der Waals surface area contributed by atoms with Gasteiger partial charge in [0.2, 0.25) is 0 Å². The third-order valence-electron chi connectivity index (χ3n) is 4.03. The van der Waals surface area contributed by atoms with Gasteiger partial charge in [0, 0.05) is 27.2 Å². The van der Waals surface area contributed by atoms with Crippen molar-refractivity contribution in [2.45, 2.75) is 33.5 Å². The van der Waals surface area contributed by atoms with E-state index in [1.165, 1.54) is 27.8 Å². The van der Waals surface area contributed by atoms with Crippen molar-refractivity contribution < 1.29 is 4.74 Å². The molecule has 0 spiro atoms. The van der Waals surface area contributed by atoms with Gasteiger partial charge in [-0.05, 0) is 36.1 Å². The third kappa shape index (κ3) is 6.66. The van der Waals surface area contributed by atoms with Crippen LogP contribution < -0.4 is 10.6 Å². The van der Waals surface area contributed by atoms with E-state index in [0.717, 1.165) is 12.5 Å². The van der Waals surface area contributed by atoms with Crippen LogP contribution in [0.2, 0.25) is 0 Å². The van der Waals surface area contributed by atoms with E-state index in [9.17, 15) is 0 Å². The van der Waals surface area contributed by atoms with Gasteiger partial charge in [0.05, 0.1) is 6.61 Å². The Morgan fingerprint density at radius 3 is 2.20 bits per heavy atom. The molecule has 0 aliphatic carbocycles. The summed E-state index contributed by atoms with van der Waals surface area (Å²) in [6.07, 6.45) is 0. The van der Waals surface area contributed by atoms with Gasteiger partial charge in [-0.2, -0.15) is 0 Å². The van der Waals surface area contributed by atoms with E-state index in [-0.39, 0.29) is 24.0 Å². The zero-order valence-electron chi connectivity index (χ0n) is 15.4. The lowest BCUT2D eigenvalue weighted by atomic mass is 10.1. The number of guanidine groups is 1. The number of methoxy groups -OCH3 is 1. The molecule has 0 bridgehead atoms. The first-order valence-corrected chi connectivity index (χ1v) is 8.20. The maximum absolute atomic E-state index is 5.26. The summed E-state index contributed by atoms with van der Waals surface area (Å²) in [6, 6.07) is 14.8. The van der Waals surface area contributed by atoms with Gasteiger partial charge in [-0.1, -0.05) is 48.0 Å². The molecule has 0 fully saturated rings. The molecule has 25 heavy (non-hydrogen) atoms. The Morgan fingerprint density at radius 2 is 1.60 bits per heavy atom. The zero-order valence-corrected chi connectivity index (χ0v) is 17.8. The lowest BCUT2D eigenvalue weighted by molar-refractivity contribution is 0.184. The molecule has 0 amide bonds. The minimum atomic E-state index is 0. The van der Waals surface area contributed by atoms with Crippen LogP contribution in [-0.2, 0) is 24.4 Å². The van der Waals surface area contributed by atoms with Gasteiger partial charge in [0.1, 0.15) is 0 Å². The number of hydrogen-bond acceptors (Lipinski definition) is 2. The number of nitrogens with zero attached hydrogens (tertiary/aromatic N) is 1. The second-order valence-corrected chi connectivity index (χ2v) is 5.91. The summed E-state index contributed by atoms with van der Waals surface area (Å²) >= 11 is 0. The summed E-state index contributed by atoms with van der Waals surface area (Å²) < 4.78 is 5.26. The third-order valence-corrected chi connectivity index (χ3v) is 4.03. The molecular weight excluding hydrogens is 425 g/mol. The minimum Gasteiger partial charge on any atom is -0.380 e. The van der Waals surface area contributed by atoms with Crippen LogP contribution in [-0.4, -0.2) is 20.1 Å². The van der Waals surface area contributed by atoms with Crippen LogP contribution in [0, 0.1) is 13.8 Å². The van der Waals surface area contributed by atoms with Gasteiger partial charge in [-0.25, -0.2) is 0 Å². The standard InChI is InChI=1S/C20H27N3O.HI/c1-15-9-10-17(16(2)11-15)12-22-20(21-3)23-13-18-7-5-6-8-19(18)14-24-4;/h5-11H,12-14H2,1-4H3,(H2,21,22,23);1H.